The number of likely N-dealkylation sites (tertiary alicyclic amines) is 1. The van der Waals surface area contributed by atoms with Crippen molar-refractivity contribution < 1.29 is 33.3 Å². The second-order valence-corrected chi connectivity index (χ2v) is 13.3. The molecule has 2 aromatic rings. The van der Waals surface area contributed by atoms with Crippen LogP contribution in [-0.4, -0.2) is 63.4 Å². The van der Waals surface area contributed by atoms with Crippen molar-refractivity contribution >= 4 is 5.78 Å². The maximum Gasteiger partial charge on any atom is 0.416 e. The number of aliphatic hydroxyl groups excluding tert-OH is 2. The SMILES string of the molecule is CC1=CCC[C@@]2(C)[C@@H](CC[C@@]2(O)CN2CCC[C@H]2CO)c2ccc(cc2C(=O)c2cccc(C(F)(F)F)c2)C[C@@H](O)CC1. The van der Waals surface area contributed by atoms with Crippen molar-refractivity contribution in [2.75, 3.05) is 19.7 Å². The molecule has 6 rings (SSSR count). The normalized spacial score (nSPS) is 30.6. The van der Waals surface area contributed by atoms with Gasteiger partial charge in [-0.3, -0.25) is 9.69 Å². The van der Waals surface area contributed by atoms with Gasteiger partial charge >= 0.3 is 6.18 Å². The highest BCUT2D eigenvalue weighted by Crippen LogP contribution is 2.59. The first kappa shape index (κ1) is 31.9. The Hall–Kier alpha value is -2.52. The van der Waals surface area contributed by atoms with E-state index in [0.717, 1.165) is 55.5 Å². The fourth-order valence-electron chi connectivity index (χ4n) is 7.83. The molecule has 0 amide bonds. The van der Waals surface area contributed by atoms with Crippen molar-refractivity contribution in [3.05, 3.63) is 81.9 Å². The molecule has 0 aromatic heterocycles. The second-order valence-electron chi connectivity index (χ2n) is 13.3. The van der Waals surface area contributed by atoms with E-state index in [-0.39, 0.29) is 24.1 Å². The summed E-state index contributed by atoms with van der Waals surface area (Å²) in [6.45, 7) is 5.44. The van der Waals surface area contributed by atoms with E-state index in [0.29, 0.717) is 44.2 Å². The monoisotopic (exact) mass is 599 g/mol. The molecule has 234 valence electrons. The van der Waals surface area contributed by atoms with Crippen LogP contribution in [0, 0.1) is 5.41 Å². The van der Waals surface area contributed by atoms with Crippen LogP contribution in [0.5, 0.6) is 0 Å². The van der Waals surface area contributed by atoms with E-state index in [2.05, 4.69) is 24.8 Å². The lowest BCUT2D eigenvalue weighted by Gasteiger charge is -2.46. The Morgan fingerprint density at radius 1 is 1.09 bits per heavy atom. The average molecular weight is 600 g/mol. The summed E-state index contributed by atoms with van der Waals surface area (Å²) in [5.41, 5.74) is 0.376. The van der Waals surface area contributed by atoms with Gasteiger partial charge in [-0.25, -0.2) is 0 Å². The van der Waals surface area contributed by atoms with Gasteiger partial charge in [0.25, 0.3) is 0 Å². The maximum absolute atomic E-state index is 14.1. The Morgan fingerprint density at radius 3 is 2.63 bits per heavy atom. The summed E-state index contributed by atoms with van der Waals surface area (Å²) in [4.78, 5) is 16.3. The average Bonchev–Trinajstić information content (AvgIpc) is 3.52. The van der Waals surface area contributed by atoms with Gasteiger partial charge in [-0.05, 0) is 106 Å². The molecule has 1 aliphatic heterocycles. The van der Waals surface area contributed by atoms with Crippen molar-refractivity contribution in [3.63, 3.8) is 0 Å². The Labute approximate surface area is 252 Å². The van der Waals surface area contributed by atoms with Crippen LogP contribution in [0.15, 0.2) is 54.1 Å². The third-order valence-corrected chi connectivity index (χ3v) is 10.5. The van der Waals surface area contributed by atoms with Crippen molar-refractivity contribution in [2.24, 2.45) is 5.41 Å². The van der Waals surface area contributed by atoms with E-state index < -0.39 is 34.6 Å². The van der Waals surface area contributed by atoms with E-state index in [4.69, 9.17) is 0 Å². The number of allylic oxidation sites excluding steroid dienone is 2. The van der Waals surface area contributed by atoms with Gasteiger partial charge in [-0.15, -0.1) is 0 Å². The first-order valence-corrected chi connectivity index (χ1v) is 15.6. The van der Waals surface area contributed by atoms with Gasteiger partial charge in [0.1, 0.15) is 0 Å². The summed E-state index contributed by atoms with van der Waals surface area (Å²) in [7, 11) is 0. The number of halogens is 3. The van der Waals surface area contributed by atoms with Crippen LogP contribution in [0.2, 0.25) is 0 Å². The Kier molecular flexibility index (Phi) is 9.25. The quantitative estimate of drug-likeness (QED) is 0.273. The number of alkyl halides is 3. The number of β-amino-alcohol motifs (C(OH)–C–C–N with tert-alkyl or cyclic N) is 1. The topological polar surface area (TPSA) is 81.0 Å². The van der Waals surface area contributed by atoms with Crippen LogP contribution in [-0.2, 0) is 12.6 Å². The highest BCUT2D eigenvalue weighted by Gasteiger charge is 2.57. The van der Waals surface area contributed by atoms with E-state index >= 15 is 0 Å². The lowest BCUT2D eigenvalue weighted by Crippen LogP contribution is -2.53. The fraction of sp³-hybridized carbons (Fsp3) is 0.571. The predicted octanol–water partition coefficient (Wildman–Crippen LogP) is 6.43. The molecule has 4 aliphatic rings. The highest BCUT2D eigenvalue weighted by atomic mass is 19.4. The summed E-state index contributed by atoms with van der Waals surface area (Å²) in [6, 6.07) is 10.1. The lowest BCUT2D eigenvalue weighted by atomic mass is 9.64. The molecule has 1 saturated carbocycles. The standard InChI is InChI=1S/C35H44F3NO4/c1-23-6-4-15-33(2)31(14-16-34(33,43)22-39-17-5-9-27(39)21-40)29-13-11-24(18-28(41)12-10-23)19-30(29)32(42)25-7-3-8-26(20-25)35(36,37)38/h3,6-8,11,13,19-20,27-28,31,40-41,43H,4-5,9-10,12,14-18,21-22H2,1-2H3/t27-,28-,31-,33-,34+/m0/s1. The lowest BCUT2D eigenvalue weighted by molar-refractivity contribution is -0.137. The highest BCUT2D eigenvalue weighted by molar-refractivity contribution is 6.10. The molecule has 1 saturated heterocycles. The minimum absolute atomic E-state index is 0.0103. The van der Waals surface area contributed by atoms with E-state index in [1.807, 2.05) is 12.1 Å². The molecular formula is C35H44F3NO4. The molecule has 5 nitrogen and oxygen atoms in total. The van der Waals surface area contributed by atoms with Crippen LogP contribution in [0.3, 0.4) is 0 Å². The second kappa shape index (κ2) is 12.5. The summed E-state index contributed by atoms with van der Waals surface area (Å²) in [5, 5.41) is 33.2. The Morgan fingerprint density at radius 2 is 1.88 bits per heavy atom. The van der Waals surface area contributed by atoms with E-state index in [1.165, 1.54) is 17.7 Å². The number of fused-ring (bicyclic) bond motifs is 8. The number of nitrogens with zero attached hydrogens (tertiary/aromatic N) is 1. The third kappa shape index (κ3) is 6.48. The van der Waals surface area contributed by atoms with Crippen molar-refractivity contribution in [3.8, 4) is 0 Å². The van der Waals surface area contributed by atoms with E-state index in [9.17, 15) is 33.3 Å². The molecule has 2 aromatic carbocycles. The van der Waals surface area contributed by atoms with Gasteiger partial charge in [0, 0.05) is 29.1 Å². The minimum atomic E-state index is -4.58. The van der Waals surface area contributed by atoms with Gasteiger partial charge < -0.3 is 15.3 Å². The number of hydrogen-bond acceptors (Lipinski definition) is 5. The first-order valence-electron chi connectivity index (χ1n) is 15.6. The summed E-state index contributed by atoms with van der Waals surface area (Å²) in [5.74, 6) is -0.703. The molecule has 3 aliphatic carbocycles. The minimum Gasteiger partial charge on any atom is -0.395 e. The number of hydrogen-bond donors (Lipinski definition) is 3. The Bertz CT molecular complexity index is 1360. The van der Waals surface area contributed by atoms with Crippen molar-refractivity contribution in [1.82, 2.24) is 4.90 Å². The molecule has 43 heavy (non-hydrogen) atoms. The molecule has 0 radical (unpaired) electrons. The van der Waals surface area contributed by atoms with Crippen molar-refractivity contribution in [2.45, 2.75) is 101 Å². The largest absolute Gasteiger partial charge is 0.416 e. The van der Waals surface area contributed by atoms with Gasteiger partial charge in [-0.1, -0.05) is 42.8 Å². The molecule has 0 unspecified atom stereocenters. The van der Waals surface area contributed by atoms with E-state index in [1.54, 1.807) is 6.07 Å². The van der Waals surface area contributed by atoms with Crippen LogP contribution < -0.4 is 0 Å². The predicted molar refractivity (Wildman–Crippen MR) is 160 cm³/mol. The smallest absolute Gasteiger partial charge is 0.395 e. The maximum atomic E-state index is 14.1. The number of rotatable bonds is 5. The van der Waals surface area contributed by atoms with Crippen LogP contribution in [0.4, 0.5) is 13.2 Å². The zero-order valence-electron chi connectivity index (χ0n) is 25.2. The molecule has 2 bridgehead atoms. The first-order chi connectivity index (χ1) is 20.3. The number of ketones is 1. The van der Waals surface area contributed by atoms with Gasteiger partial charge in [0.15, 0.2) is 5.78 Å². The van der Waals surface area contributed by atoms with Crippen molar-refractivity contribution in [1.29, 1.82) is 0 Å². The molecule has 3 N–H and O–H groups in total. The van der Waals surface area contributed by atoms with Gasteiger partial charge in [-0.2, -0.15) is 13.2 Å². The van der Waals surface area contributed by atoms with Crippen LogP contribution in [0.1, 0.15) is 104 Å². The molecule has 1 heterocycles. The number of carbonyl (C=O) groups is 1. The zero-order valence-corrected chi connectivity index (χ0v) is 25.2. The van der Waals surface area contributed by atoms with Crippen LogP contribution in [0.25, 0.3) is 0 Å². The molecule has 2 fully saturated rings. The molecule has 0 spiro atoms. The summed E-state index contributed by atoms with van der Waals surface area (Å²) >= 11 is 0. The Balaban J connectivity index is 1.61. The molecular weight excluding hydrogens is 555 g/mol. The van der Waals surface area contributed by atoms with Crippen LogP contribution >= 0.6 is 0 Å². The molecule has 8 heteroatoms. The zero-order chi connectivity index (χ0) is 31.0. The number of aliphatic hydroxyl groups is 3. The van der Waals surface area contributed by atoms with Gasteiger partial charge in [0.05, 0.1) is 23.9 Å². The number of benzene rings is 2. The summed E-state index contributed by atoms with van der Waals surface area (Å²) in [6.07, 6.45) is 2.98. The van der Waals surface area contributed by atoms with Gasteiger partial charge in [0.2, 0.25) is 0 Å². The fourth-order valence-corrected chi connectivity index (χ4v) is 7.83. The number of carbonyl (C=O) groups excluding carboxylic acids is 1. The third-order valence-electron chi connectivity index (χ3n) is 10.5. The molecule has 5 atom stereocenters. The summed E-state index contributed by atoms with van der Waals surface area (Å²) < 4.78 is 40.7.